The molecule has 0 fully saturated rings. The first-order chi connectivity index (χ1) is 7.35. The average molecular weight is 234 g/mol. The van der Waals surface area contributed by atoms with E-state index >= 15 is 0 Å². The molecule has 0 heterocycles. The predicted octanol–water partition coefficient (Wildman–Crippen LogP) is 4.05. The van der Waals surface area contributed by atoms with Gasteiger partial charge in [0.15, 0.2) is 0 Å². The molecule has 0 saturated carbocycles. The predicted molar refractivity (Wildman–Crippen MR) is 64.8 cm³/mol. The number of hydrogen-bond acceptors (Lipinski definition) is 3. The summed E-state index contributed by atoms with van der Waals surface area (Å²) < 4.78 is 16.4. The number of hydrogen-bond donors (Lipinski definition) is 0. The van der Waals surface area contributed by atoms with Crippen molar-refractivity contribution < 1.29 is 13.6 Å². The van der Waals surface area contributed by atoms with E-state index in [1.165, 1.54) is 0 Å². The Hall–Kier alpha value is 0.0500. The second kappa shape index (κ2) is 12.1. The van der Waals surface area contributed by atoms with Crippen molar-refractivity contribution in [2.75, 3.05) is 19.8 Å². The third-order valence-electron chi connectivity index (χ3n) is 1.69. The van der Waals surface area contributed by atoms with Crippen LogP contribution in [0.25, 0.3) is 0 Å². The maximum atomic E-state index is 5.50. The second-order valence-electron chi connectivity index (χ2n) is 3.18. The first-order valence-corrected chi connectivity index (χ1v) is 6.74. The molecule has 15 heavy (non-hydrogen) atoms. The van der Waals surface area contributed by atoms with Gasteiger partial charge in [0.1, 0.15) is 0 Å². The minimum absolute atomic E-state index is 0.490. The summed E-state index contributed by atoms with van der Waals surface area (Å²) in [4.78, 5) is 0. The minimum atomic E-state index is -1.16. The smallest absolute Gasteiger partial charge is 0.312 e. The van der Waals surface area contributed by atoms with Gasteiger partial charge in [0, 0.05) is 0 Å². The quantitative estimate of drug-likeness (QED) is 0.306. The SMILES string of the molecule is C=CCOP(OCCCC)OCCCC. The van der Waals surface area contributed by atoms with Crippen LogP contribution < -0.4 is 0 Å². The molecule has 4 heteroatoms. The fraction of sp³-hybridized carbons (Fsp3) is 0.818. The van der Waals surface area contributed by atoms with Crippen LogP contribution in [0.2, 0.25) is 0 Å². The van der Waals surface area contributed by atoms with Gasteiger partial charge < -0.3 is 13.6 Å². The van der Waals surface area contributed by atoms with Crippen molar-refractivity contribution in [3.8, 4) is 0 Å². The highest BCUT2D eigenvalue weighted by Gasteiger charge is 2.10. The first kappa shape index (κ1) is 15.0. The normalized spacial score (nSPS) is 10.9. The van der Waals surface area contributed by atoms with Gasteiger partial charge in [0.25, 0.3) is 0 Å². The molecule has 0 aromatic rings. The van der Waals surface area contributed by atoms with Gasteiger partial charge in [0.2, 0.25) is 0 Å². The highest BCUT2D eigenvalue weighted by molar-refractivity contribution is 7.41. The van der Waals surface area contributed by atoms with E-state index in [9.17, 15) is 0 Å². The van der Waals surface area contributed by atoms with Crippen molar-refractivity contribution in [2.24, 2.45) is 0 Å². The molecule has 3 nitrogen and oxygen atoms in total. The molecule has 0 bridgehead atoms. The van der Waals surface area contributed by atoms with Crippen molar-refractivity contribution >= 4 is 8.60 Å². The highest BCUT2D eigenvalue weighted by atomic mass is 31.2. The van der Waals surface area contributed by atoms with Crippen LogP contribution in [0, 0.1) is 0 Å². The van der Waals surface area contributed by atoms with Crippen LogP contribution in [0.5, 0.6) is 0 Å². The molecule has 0 N–H and O–H groups in total. The van der Waals surface area contributed by atoms with E-state index in [1.54, 1.807) is 6.08 Å². The van der Waals surface area contributed by atoms with Gasteiger partial charge in [0.05, 0.1) is 19.8 Å². The second-order valence-corrected chi connectivity index (χ2v) is 4.40. The first-order valence-electron chi connectivity index (χ1n) is 5.64. The lowest BCUT2D eigenvalue weighted by Gasteiger charge is -2.15. The molecule has 0 unspecified atom stereocenters. The van der Waals surface area contributed by atoms with E-state index in [4.69, 9.17) is 13.6 Å². The zero-order chi connectivity index (χ0) is 11.4. The lowest BCUT2D eigenvalue weighted by molar-refractivity contribution is 0.167. The standard InChI is InChI=1S/C11H23O3P/c1-4-7-10-13-15(12-9-6-3)14-11-8-5-2/h6H,3-5,7-11H2,1-2H3. The van der Waals surface area contributed by atoms with Crippen LogP contribution in [0.3, 0.4) is 0 Å². The van der Waals surface area contributed by atoms with Gasteiger partial charge in [-0.2, -0.15) is 0 Å². The van der Waals surface area contributed by atoms with Crippen LogP contribution in [0.4, 0.5) is 0 Å². The molecule has 0 saturated heterocycles. The molecule has 0 radical (unpaired) electrons. The zero-order valence-electron chi connectivity index (χ0n) is 9.91. The summed E-state index contributed by atoms with van der Waals surface area (Å²) in [6, 6.07) is 0. The van der Waals surface area contributed by atoms with Gasteiger partial charge in [-0.3, -0.25) is 0 Å². The highest BCUT2D eigenvalue weighted by Crippen LogP contribution is 2.39. The van der Waals surface area contributed by atoms with Crippen molar-refractivity contribution in [3.63, 3.8) is 0 Å². The van der Waals surface area contributed by atoms with Gasteiger partial charge in [-0.15, -0.1) is 6.58 Å². The van der Waals surface area contributed by atoms with E-state index in [-0.39, 0.29) is 0 Å². The van der Waals surface area contributed by atoms with E-state index in [2.05, 4.69) is 20.4 Å². The summed E-state index contributed by atoms with van der Waals surface area (Å²) in [6.45, 7) is 9.78. The molecule has 0 spiro atoms. The van der Waals surface area contributed by atoms with Crippen molar-refractivity contribution in [1.29, 1.82) is 0 Å². The Balaban J connectivity index is 3.57. The summed E-state index contributed by atoms with van der Waals surface area (Å²) in [6.07, 6.45) is 6.06. The van der Waals surface area contributed by atoms with E-state index in [1.807, 2.05) is 0 Å². The molecule has 0 rings (SSSR count). The lowest BCUT2D eigenvalue weighted by Crippen LogP contribution is -1.98. The molecular formula is C11H23O3P. The molecule has 0 aliphatic rings. The molecule has 90 valence electrons. The van der Waals surface area contributed by atoms with E-state index in [0.29, 0.717) is 19.8 Å². The Bertz CT molecular complexity index is 132. The Labute approximate surface area is 94.8 Å². The lowest BCUT2D eigenvalue weighted by atomic mass is 10.4. The van der Waals surface area contributed by atoms with Crippen LogP contribution in [0.15, 0.2) is 12.7 Å². The maximum Gasteiger partial charge on any atom is 0.332 e. The molecule has 0 atom stereocenters. The maximum absolute atomic E-state index is 5.50. The number of rotatable bonds is 11. The molecule has 0 aromatic carbocycles. The average Bonchev–Trinajstić information content (AvgIpc) is 2.25. The Morgan fingerprint density at radius 3 is 1.93 bits per heavy atom. The molecule has 0 aromatic heterocycles. The third-order valence-corrected chi connectivity index (χ3v) is 2.83. The zero-order valence-corrected chi connectivity index (χ0v) is 10.8. The summed E-state index contributed by atoms with van der Waals surface area (Å²) in [5, 5.41) is 0. The monoisotopic (exact) mass is 234 g/mol. The van der Waals surface area contributed by atoms with Crippen LogP contribution >= 0.6 is 8.60 Å². The fourth-order valence-corrected chi connectivity index (χ4v) is 1.80. The van der Waals surface area contributed by atoms with Gasteiger partial charge >= 0.3 is 8.60 Å². The van der Waals surface area contributed by atoms with Gasteiger partial charge in [-0.25, -0.2) is 0 Å². The molecule has 0 aliphatic heterocycles. The fourth-order valence-electron chi connectivity index (χ4n) is 0.792. The molecular weight excluding hydrogens is 211 g/mol. The van der Waals surface area contributed by atoms with Crippen LogP contribution in [-0.2, 0) is 13.6 Å². The van der Waals surface area contributed by atoms with Crippen LogP contribution in [0.1, 0.15) is 39.5 Å². The molecule has 0 amide bonds. The number of unbranched alkanes of at least 4 members (excludes halogenated alkanes) is 2. The minimum Gasteiger partial charge on any atom is -0.312 e. The van der Waals surface area contributed by atoms with E-state index in [0.717, 1.165) is 25.7 Å². The summed E-state index contributed by atoms with van der Waals surface area (Å²) in [7, 11) is -1.16. The largest absolute Gasteiger partial charge is 0.332 e. The van der Waals surface area contributed by atoms with Gasteiger partial charge in [-0.05, 0) is 12.8 Å². The molecule has 0 aliphatic carbocycles. The topological polar surface area (TPSA) is 27.7 Å². The summed E-state index contributed by atoms with van der Waals surface area (Å²) >= 11 is 0. The third kappa shape index (κ3) is 10.3. The van der Waals surface area contributed by atoms with Crippen molar-refractivity contribution in [3.05, 3.63) is 12.7 Å². The van der Waals surface area contributed by atoms with Gasteiger partial charge in [-0.1, -0.05) is 32.8 Å². The Morgan fingerprint density at radius 2 is 1.53 bits per heavy atom. The van der Waals surface area contributed by atoms with Crippen LogP contribution in [-0.4, -0.2) is 19.8 Å². The van der Waals surface area contributed by atoms with E-state index < -0.39 is 8.60 Å². The Kier molecular flexibility index (Phi) is 12.2. The van der Waals surface area contributed by atoms with Crippen molar-refractivity contribution in [2.45, 2.75) is 39.5 Å². The van der Waals surface area contributed by atoms with Crippen molar-refractivity contribution in [1.82, 2.24) is 0 Å². The summed E-state index contributed by atoms with van der Waals surface area (Å²) in [5.41, 5.74) is 0. The summed E-state index contributed by atoms with van der Waals surface area (Å²) in [5.74, 6) is 0. The Morgan fingerprint density at radius 1 is 1.00 bits per heavy atom.